The van der Waals surface area contributed by atoms with E-state index in [1.165, 1.54) is 16.8 Å². The van der Waals surface area contributed by atoms with Crippen LogP contribution in [0.25, 0.3) is 5.69 Å². The van der Waals surface area contributed by atoms with Gasteiger partial charge in [0.1, 0.15) is 5.75 Å². The van der Waals surface area contributed by atoms with E-state index < -0.39 is 17.4 Å². The lowest BCUT2D eigenvalue weighted by molar-refractivity contribution is -0.0498. The largest absolute Gasteiger partial charge is 0.435 e. The molecule has 1 unspecified atom stereocenters. The lowest BCUT2D eigenvalue weighted by atomic mass is 10.3. The molecule has 1 heterocycles. The molecule has 0 amide bonds. The fourth-order valence-electron chi connectivity index (χ4n) is 1.51. The summed E-state index contributed by atoms with van der Waals surface area (Å²) in [6.45, 7) is -1.06. The van der Waals surface area contributed by atoms with E-state index in [1.54, 1.807) is 19.1 Å². The zero-order chi connectivity index (χ0) is 14.5. The Balaban J connectivity index is 2.19. The van der Waals surface area contributed by atoms with Crippen molar-refractivity contribution < 1.29 is 17.7 Å². The number of nitrogens with zero attached hydrogens (tertiary/aromatic N) is 4. The maximum atomic E-state index is 12.0. The van der Waals surface area contributed by atoms with Crippen LogP contribution in [0.5, 0.6) is 5.75 Å². The van der Waals surface area contributed by atoms with Gasteiger partial charge in [-0.05, 0) is 34.7 Å². The number of tetrazole rings is 1. The van der Waals surface area contributed by atoms with E-state index in [1.807, 2.05) is 0 Å². The van der Waals surface area contributed by atoms with Crippen molar-refractivity contribution in [2.75, 3.05) is 5.75 Å². The van der Waals surface area contributed by atoms with Gasteiger partial charge < -0.3 is 4.74 Å². The van der Waals surface area contributed by atoms with E-state index in [0.29, 0.717) is 17.3 Å². The fraction of sp³-hybridized carbons (Fsp3) is 0.364. The van der Waals surface area contributed by atoms with Gasteiger partial charge in [-0.2, -0.15) is 13.5 Å². The minimum Gasteiger partial charge on any atom is -0.435 e. The highest BCUT2D eigenvalue weighted by Crippen LogP contribution is 2.17. The van der Waals surface area contributed by atoms with Crippen LogP contribution in [0, 0.1) is 0 Å². The second-order valence-electron chi connectivity index (χ2n) is 3.75. The smallest absolute Gasteiger partial charge is 0.387 e. The lowest BCUT2D eigenvalue weighted by Gasteiger charge is -2.06. The first-order valence-corrected chi connectivity index (χ1v) is 7.26. The van der Waals surface area contributed by atoms with Crippen molar-refractivity contribution in [3.05, 3.63) is 30.1 Å². The molecule has 0 fully saturated rings. The molecule has 108 valence electrons. The van der Waals surface area contributed by atoms with Gasteiger partial charge in [0.05, 0.1) is 11.4 Å². The van der Waals surface area contributed by atoms with E-state index in [-0.39, 0.29) is 11.5 Å². The Morgan fingerprint density at radius 2 is 2.05 bits per heavy atom. The number of halogens is 2. The zero-order valence-corrected chi connectivity index (χ0v) is 11.4. The third-order valence-electron chi connectivity index (χ3n) is 2.45. The van der Waals surface area contributed by atoms with Crippen LogP contribution in [0.1, 0.15) is 12.7 Å². The van der Waals surface area contributed by atoms with E-state index in [0.717, 1.165) is 0 Å². The zero-order valence-electron chi connectivity index (χ0n) is 10.6. The molecule has 0 N–H and O–H groups in total. The van der Waals surface area contributed by atoms with Gasteiger partial charge in [0.2, 0.25) is 0 Å². The van der Waals surface area contributed by atoms with Crippen LogP contribution in [-0.4, -0.2) is 36.8 Å². The van der Waals surface area contributed by atoms with Gasteiger partial charge >= 0.3 is 6.61 Å². The molecule has 1 aromatic carbocycles. The molecule has 0 aliphatic rings. The molecule has 1 aromatic heterocycles. The Morgan fingerprint density at radius 3 is 2.65 bits per heavy atom. The van der Waals surface area contributed by atoms with Gasteiger partial charge in [-0.1, -0.05) is 6.92 Å². The van der Waals surface area contributed by atoms with Gasteiger partial charge in [-0.3, -0.25) is 4.21 Å². The molecular weight excluding hydrogens is 290 g/mol. The maximum absolute atomic E-state index is 12.0. The normalized spacial score (nSPS) is 12.6. The van der Waals surface area contributed by atoms with Gasteiger partial charge in [0.15, 0.2) is 5.82 Å². The van der Waals surface area contributed by atoms with Crippen LogP contribution in [0.2, 0.25) is 0 Å². The number of ether oxygens (including phenoxy) is 1. The Hall–Kier alpha value is -1.90. The highest BCUT2D eigenvalue weighted by Gasteiger charge is 2.11. The summed E-state index contributed by atoms with van der Waals surface area (Å²) in [5.41, 5.74) is 0.583. The number of hydrogen-bond donors (Lipinski definition) is 0. The highest BCUT2D eigenvalue weighted by atomic mass is 32.2. The number of hydrogen-bond acceptors (Lipinski definition) is 5. The summed E-state index contributed by atoms with van der Waals surface area (Å²) in [7, 11) is -1.04. The SMILES string of the molecule is CCS(=O)Cc1nnnn1-c1ccc(OC(F)F)cc1. The second kappa shape index (κ2) is 6.51. The molecule has 2 aromatic rings. The topological polar surface area (TPSA) is 69.9 Å². The van der Waals surface area contributed by atoms with E-state index in [2.05, 4.69) is 20.3 Å². The Morgan fingerprint density at radius 1 is 1.35 bits per heavy atom. The van der Waals surface area contributed by atoms with E-state index in [4.69, 9.17) is 0 Å². The standard InChI is InChI=1S/C11H12F2N4O2S/c1-2-20(18)7-10-14-15-16-17(10)8-3-5-9(6-4-8)19-11(12)13/h3-6,11H,2,7H2,1H3. The fourth-order valence-corrected chi connectivity index (χ4v) is 2.18. The average molecular weight is 302 g/mol. The van der Waals surface area contributed by atoms with Crippen molar-refractivity contribution >= 4 is 10.8 Å². The van der Waals surface area contributed by atoms with E-state index in [9.17, 15) is 13.0 Å². The molecular formula is C11H12F2N4O2S. The monoisotopic (exact) mass is 302 g/mol. The van der Waals surface area contributed by atoms with Gasteiger partial charge in [0.25, 0.3) is 0 Å². The minimum atomic E-state index is -2.86. The quantitative estimate of drug-likeness (QED) is 0.809. The molecule has 0 aliphatic heterocycles. The number of rotatable bonds is 6. The molecule has 0 saturated heterocycles. The van der Waals surface area contributed by atoms with Crippen molar-refractivity contribution in [1.82, 2.24) is 20.2 Å². The van der Waals surface area contributed by atoms with Crippen molar-refractivity contribution in [3.8, 4) is 11.4 Å². The molecule has 9 heteroatoms. The predicted octanol–water partition coefficient (Wildman–Crippen LogP) is 1.53. The molecule has 0 spiro atoms. The van der Waals surface area contributed by atoms with Crippen molar-refractivity contribution in [2.45, 2.75) is 19.3 Å². The first-order chi connectivity index (χ1) is 9.60. The summed E-state index contributed by atoms with van der Waals surface area (Å²) in [5, 5.41) is 11.1. The summed E-state index contributed by atoms with van der Waals surface area (Å²) < 4.78 is 41.3. The second-order valence-corrected chi connectivity index (χ2v) is 5.50. The Bertz CT molecular complexity index is 588. The first kappa shape index (κ1) is 14.5. The van der Waals surface area contributed by atoms with E-state index >= 15 is 0 Å². The number of benzene rings is 1. The maximum Gasteiger partial charge on any atom is 0.387 e. The first-order valence-electron chi connectivity index (χ1n) is 5.77. The third kappa shape index (κ3) is 3.56. The molecule has 20 heavy (non-hydrogen) atoms. The molecule has 0 bridgehead atoms. The predicted molar refractivity (Wildman–Crippen MR) is 68.2 cm³/mol. The Labute approximate surface area is 116 Å². The van der Waals surface area contributed by atoms with Crippen molar-refractivity contribution in [1.29, 1.82) is 0 Å². The van der Waals surface area contributed by atoms with Crippen LogP contribution in [0.4, 0.5) is 8.78 Å². The summed E-state index contributed by atoms with van der Waals surface area (Å²) in [4.78, 5) is 0. The molecule has 6 nitrogen and oxygen atoms in total. The van der Waals surface area contributed by atoms with Crippen LogP contribution in [-0.2, 0) is 16.6 Å². The molecule has 2 rings (SSSR count). The number of alkyl halides is 2. The van der Waals surface area contributed by atoms with Gasteiger partial charge in [0, 0.05) is 16.6 Å². The summed E-state index contributed by atoms with van der Waals surface area (Å²) >= 11 is 0. The van der Waals surface area contributed by atoms with Crippen LogP contribution >= 0.6 is 0 Å². The summed E-state index contributed by atoms with van der Waals surface area (Å²) in [6, 6.07) is 5.88. The minimum absolute atomic E-state index is 0.0514. The molecule has 0 radical (unpaired) electrons. The van der Waals surface area contributed by atoms with Crippen LogP contribution < -0.4 is 4.74 Å². The highest BCUT2D eigenvalue weighted by molar-refractivity contribution is 7.84. The van der Waals surface area contributed by atoms with Gasteiger partial charge in [-0.15, -0.1) is 5.10 Å². The van der Waals surface area contributed by atoms with Crippen molar-refractivity contribution in [2.24, 2.45) is 0 Å². The lowest BCUT2D eigenvalue weighted by Crippen LogP contribution is -2.07. The summed E-state index contributed by atoms with van der Waals surface area (Å²) in [5.74, 6) is 1.25. The van der Waals surface area contributed by atoms with Crippen molar-refractivity contribution in [3.63, 3.8) is 0 Å². The molecule has 0 aliphatic carbocycles. The third-order valence-corrected chi connectivity index (χ3v) is 3.68. The Kier molecular flexibility index (Phi) is 4.72. The number of aromatic nitrogens is 4. The molecule has 0 saturated carbocycles. The average Bonchev–Trinajstić information content (AvgIpc) is 2.87. The van der Waals surface area contributed by atoms with Crippen LogP contribution in [0.15, 0.2) is 24.3 Å². The molecule has 1 atom stereocenters. The van der Waals surface area contributed by atoms with Gasteiger partial charge in [-0.25, -0.2) is 0 Å². The summed E-state index contributed by atoms with van der Waals surface area (Å²) in [6.07, 6.45) is 0. The van der Waals surface area contributed by atoms with Crippen LogP contribution in [0.3, 0.4) is 0 Å².